The molecule has 20 unspecified atom stereocenters. The molecule has 4 aliphatic rings. The van der Waals surface area contributed by atoms with Gasteiger partial charge in [0.2, 0.25) is 23.6 Å². The fourth-order valence-corrected chi connectivity index (χ4v) is 10.0. The van der Waals surface area contributed by atoms with Crippen LogP contribution in [0.15, 0.2) is 0 Å². The molecule has 0 aromatic heterocycles. The molecule has 34 nitrogen and oxygen atoms in total. The molecule has 4 aliphatic heterocycles. The van der Waals surface area contributed by atoms with Gasteiger partial charge in [-0.15, -0.1) is 0 Å². The summed E-state index contributed by atoms with van der Waals surface area (Å²) in [6.07, 6.45) is -19.5. The highest BCUT2D eigenvalue weighted by Crippen LogP contribution is 2.26. The number of carbonyl (C=O) groups is 6. The lowest BCUT2D eigenvalue weighted by atomic mass is 9.99. The summed E-state index contributed by atoms with van der Waals surface area (Å²) in [6, 6.07) is -1.31. The van der Waals surface area contributed by atoms with Crippen molar-refractivity contribution in [2.75, 3.05) is 65.9 Å². The minimum atomic E-state index is -1.53. The van der Waals surface area contributed by atoms with Crippen molar-refractivity contribution in [1.29, 1.82) is 0 Å². The van der Waals surface area contributed by atoms with Crippen molar-refractivity contribution in [2.24, 2.45) is 0 Å². The average Bonchev–Trinajstić information content (AvgIpc) is 1.12. The van der Waals surface area contributed by atoms with Gasteiger partial charge in [-0.3, -0.25) is 28.8 Å². The summed E-state index contributed by atoms with van der Waals surface area (Å²) in [5, 5.41) is 166. The van der Waals surface area contributed by atoms with Crippen LogP contribution in [0.3, 0.4) is 0 Å². The lowest BCUT2D eigenvalue weighted by Crippen LogP contribution is -2.59. The highest BCUT2D eigenvalue weighted by molar-refractivity contribution is 5.88. The number of carbonyl (C=O) groups excluding carboxylic acids is 6. The van der Waals surface area contributed by atoms with E-state index in [0.29, 0.717) is 103 Å². The third-order valence-corrected chi connectivity index (χ3v) is 15.9. The Morgan fingerprint density at radius 1 is 0.326 bits per heavy atom. The first-order valence-corrected chi connectivity index (χ1v) is 31.6. The van der Waals surface area contributed by atoms with Crippen LogP contribution in [0.2, 0.25) is 0 Å². The lowest BCUT2D eigenvalue weighted by Gasteiger charge is -2.39. The van der Waals surface area contributed by atoms with Crippen molar-refractivity contribution < 1.29 is 148 Å². The Bertz CT molecular complexity index is 1960. The van der Waals surface area contributed by atoms with E-state index in [4.69, 9.17) is 37.9 Å². The maximum Gasteiger partial charge on any atom is 0.220 e. The molecule has 4 saturated heterocycles. The van der Waals surface area contributed by atoms with Gasteiger partial charge in [0.25, 0.3) is 0 Å². The number of aliphatic hydroxyl groups is 16. The topological polar surface area (TPSA) is 548 Å². The molecule has 92 heavy (non-hydrogen) atoms. The maximum atomic E-state index is 12.3. The zero-order chi connectivity index (χ0) is 68.5. The van der Waals surface area contributed by atoms with Gasteiger partial charge in [-0.25, -0.2) is 0 Å². The van der Waals surface area contributed by atoms with Crippen molar-refractivity contribution in [3.63, 3.8) is 0 Å². The van der Waals surface area contributed by atoms with E-state index in [9.17, 15) is 110 Å². The number of aliphatic hydroxyl groups excluding tert-OH is 16. The fourth-order valence-electron chi connectivity index (χ4n) is 10.0. The minimum absolute atomic E-state index is 0.0910. The van der Waals surface area contributed by atoms with E-state index in [1.54, 1.807) is 0 Å². The van der Waals surface area contributed by atoms with Crippen molar-refractivity contribution in [3.05, 3.63) is 0 Å². The summed E-state index contributed by atoms with van der Waals surface area (Å²) < 4.78 is 42.6. The number of ether oxygens (including phenoxy) is 8. The van der Waals surface area contributed by atoms with E-state index >= 15 is 0 Å². The molecule has 0 aromatic carbocycles. The first kappa shape index (κ1) is 82.5. The first-order chi connectivity index (χ1) is 43.8. The van der Waals surface area contributed by atoms with Gasteiger partial charge in [0.1, 0.15) is 97.7 Å². The van der Waals surface area contributed by atoms with Crippen molar-refractivity contribution in [1.82, 2.24) is 21.3 Å². The largest absolute Gasteiger partial charge is 0.394 e. The predicted molar refractivity (Wildman–Crippen MR) is 313 cm³/mol. The Hall–Kier alpha value is -3.74. The van der Waals surface area contributed by atoms with Crippen LogP contribution in [0.5, 0.6) is 0 Å². The Morgan fingerprint density at radius 3 is 0.793 bits per heavy atom. The molecule has 0 saturated carbocycles. The van der Waals surface area contributed by atoms with Crippen molar-refractivity contribution in [3.8, 4) is 0 Å². The number of hydrogen-bond donors (Lipinski definition) is 20. The molecule has 22 atom stereocenters. The standard InChI is InChI=1S/2C29H52N2O15/c2*1-16(34)17(31-21(36)10-4-7-13-44-29-27(42)25(40)23(38)19(15-33)46-29)8-2-5-11-30-20(35)9-3-6-12-43-28-26(41)24(39)22(37)18(14-32)45-28/h2*17-19,22-29,32-33,37-42H,2-15H2,1H3,(H,30,35)(H,31,36)/t2*17-,18?,19?,22?,23?,24?,25?,26?,27?,28?,29?/m10/s1. The molecule has 0 radical (unpaired) electrons. The monoisotopic (exact) mass is 1340 g/mol. The first-order valence-electron chi connectivity index (χ1n) is 31.6. The second kappa shape index (κ2) is 44.9. The molecule has 0 aliphatic carbocycles. The van der Waals surface area contributed by atoms with Crippen LogP contribution in [0.25, 0.3) is 0 Å². The maximum absolute atomic E-state index is 12.3. The molecule has 0 spiro atoms. The number of ketones is 2. The number of Topliss-reactive ketones (excluding diaryl/α,β-unsaturated/α-hetero) is 2. The average molecular weight is 1340 g/mol. The summed E-state index contributed by atoms with van der Waals surface area (Å²) in [5.74, 6) is -1.32. The molecular formula is C58H104N4O30. The second-order valence-corrected chi connectivity index (χ2v) is 23.3. The number of unbranched alkanes of at least 4 members (excludes halogenated alkanes) is 6. The summed E-state index contributed by atoms with van der Waals surface area (Å²) >= 11 is 0. The van der Waals surface area contributed by atoms with Gasteiger partial charge in [-0.2, -0.15) is 0 Å². The van der Waals surface area contributed by atoms with Crippen LogP contribution in [-0.4, -0.2) is 318 Å². The molecule has 4 rings (SSSR count). The van der Waals surface area contributed by atoms with Gasteiger partial charge in [0, 0.05) is 65.2 Å². The van der Waals surface area contributed by atoms with Crippen LogP contribution in [0.1, 0.15) is 129 Å². The summed E-state index contributed by atoms with van der Waals surface area (Å²) in [4.78, 5) is 73.0. The Kier molecular flexibility index (Phi) is 40.3. The summed E-state index contributed by atoms with van der Waals surface area (Å²) in [6.45, 7) is 1.80. The second-order valence-electron chi connectivity index (χ2n) is 23.3. The van der Waals surface area contributed by atoms with Crippen LogP contribution in [0.4, 0.5) is 0 Å². The Balaban J connectivity index is 0.000000480. The Labute approximate surface area is 533 Å². The number of nitrogens with one attached hydrogen (secondary N) is 4. The van der Waals surface area contributed by atoms with Gasteiger partial charge in [-0.1, -0.05) is 0 Å². The van der Waals surface area contributed by atoms with E-state index in [-0.39, 0.29) is 87.3 Å². The fraction of sp³-hybridized carbons (Fsp3) is 0.897. The van der Waals surface area contributed by atoms with Gasteiger partial charge < -0.3 is 141 Å². The van der Waals surface area contributed by atoms with Gasteiger partial charge in [-0.05, 0) is 104 Å². The number of amides is 4. The smallest absolute Gasteiger partial charge is 0.220 e. The van der Waals surface area contributed by atoms with Crippen molar-refractivity contribution >= 4 is 35.2 Å². The van der Waals surface area contributed by atoms with Crippen LogP contribution < -0.4 is 21.3 Å². The minimum Gasteiger partial charge on any atom is -0.394 e. The van der Waals surface area contributed by atoms with E-state index in [1.807, 2.05) is 0 Å². The highest BCUT2D eigenvalue weighted by Gasteiger charge is 2.47. The zero-order valence-electron chi connectivity index (χ0n) is 52.4. The SMILES string of the molecule is CC(=O)[C@@H](CCCCNC(=O)CCCCOC1OC(CO)C(O)C(O)C1O)NC(=O)CCCCOC1OC(CO)C(O)C(O)C1O.CC(=O)[C@H](CCCCNC(=O)CCCCOC1OC(CO)C(O)C(O)C1O)NC(=O)CCCCOC1OC(CO)C(O)C(O)C1O. The third-order valence-electron chi connectivity index (χ3n) is 15.9. The van der Waals surface area contributed by atoms with E-state index in [2.05, 4.69) is 21.3 Å². The highest BCUT2D eigenvalue weighted by atomic mass is 16.7. The van der Waals surface area contributed by atoms with Crippen molar-refractivity contribution in [2.45, 2.75) is 264 Å². The molecule has 34 heteroatoms. The zero-order valence-corrected chi connectivity index (χ0v) is 52.4. The molecule has 20 N–H and O–H groups in total. The molecule has 0 aromatic rings. The molecule has 4 amide bonds. The molecular weight excluding hydrogens is 1230 g/mol. The quantitative estimate of drug-likeness (QED) is 0.0253. The summed E-state index contributed by atoms with van der Waals surface area (Å²) in [5.41, 5.74) is 0. The van der Waals surface area contributed by atoms with Gasteiger partial charge in [0.05, 0.1) is 38.5 Å². The molecule has 0 bridgehead atoms. The number of rotatable bonds is 42. The molecule has 4 heterocycles. The normalized spacial score (nSPS) is 32.1. The summed E-state index contributed by atoms with van der Waals surface area (Å²) in [7, 11) is 0. The van der Waals surface area contributed by atoms with Gasteiger partial charge >= 0.3 is 0 Å². The van der Waals surface area contributed by atoms with Gasteiger partial charge in [0.15, 0.2) is 36.7 Å². The van der Waals surface area contributed by atoms with Crippen LogP contribution in [-0.2, 0) is 66.7 Å². The van der Waals surface area contributed by atoms with E-state index in [1.165, 1.54) is 13.8 Å². The predicted octanol–water partition coefficient (Wildman–Crippen LogP) is -7.36. The number of hydrogen-bond acceptors (Lipinski definition) is 30. The third kappa shape index (κ3) is 28.5. The van der Waals surface area contributed by atoms with Crippen LogP contribution >= 0.6 is 0 Å². The van der Waals surface area contributed by atoms with E-state index < -0.39 is 161 Å². The molecule has 536 valence electrons. The lowest BCUT2D eigenvalue weighted by molar-refractivity contribution is -0.301. The van der Waals surface area contributed by atoms with E-state index in [0.717, 1.165) is 0 Å². The Morgan fingerprint density at radius 2 is 0.565 bits per heavy atom. The van der Waals surface area contributed by atoms with Crippen LogP contribution in [0, 0.1) is 0 Å². The molecule has 4 fully saturated rings.